The number of rotatable bonds is 21. The maximum absolute atomic E-state index is 4.49. The highest BCUT2D eigenvalue weighted by atomic mass is 15.2. The van der Waals surface area contributed by atoms with Gasteiger partial charge in [0.1, 0.15) is 0 Å². The second kappa shape index (κ2) is 40.6. The van der Waals surface area contributed by atoms with E-state index in [1.165, 1.54) is 134 Å². The Bertz CT molecular complexity index is 8640. The standard InChI is InChI=1S/3C48H34N2/c1-4-15-35(16-5-1)36-26-28-40(29-27-36)50(47-25-13-11-22-42(47)37-17-14-32-49-34-37)41-30-31-44-43-23-10-12-24-45(43)48(46(44)33-41,38-18-6-2-7-19-38)39-20-8-3-9-21-39;1-4-13-35(14-5-1)36-23-25-41(26-24-36)50(42-20-12-15-38(33-42)37-29-31-49-32-30-37)43-27-28-45-44-21-10-11-22-46(44)48(47(45)34-43,39-16-6-2-7-17-39)40-18-8-3-9-19-40;1-4-13-35(14-5-1)36-22-26-41(27-23-36)50(42-28-24-37(25-29-42)38-15-12-32-49-34-38)43-30-31-45-44-20-10-11-21-46(44)48(47(45)33-43,39-16-6-2-7-17-39)40-18-8-3-9-19-40/h3*1-34H. The van der Waals surface area contributed by atoms with E-state index in [1.54, 1.807) is 0 Å². The van der Waals surface area contributed by atoms with Crippen molar-refractivity contribution in [2.75, 3.05) is 14.7 Å². The lowest BCUT2D eigenvalue weighted by Gasteiger charge is -2.35. The molecule has 3 heterocycles. The monoisotopic (exact) mass is 1910 g/mol. The van der Waals surface area contributed by atoms with Gasteiger partial charge in [-0.2, -0.15) is 0 Å². The Kier molecular flexibility index (Phi) is 24.8. The Morgan fingerprint density at radius 3 is 0.707 bits per heavy atom. The van der Waals surface area contributed by atoms with Crippen LogP contribution >= 0.6 is 0 Å². The van der Waals surface area contributed by atoms with Gasteiger partial charge in [0.15, 0.2) is 0 Å². The van der Waals surface area contributed by atoms with E-state index in [4.69, 9.17) is 0 Å². The number of pyridine rings is 3. The molecule has 0 saturated carbocycles. The van der Waals surface area contributed by atoms with E-state index in [0.717, 1.165) is 84.6 Å². The Balaban J connectivity index is 0.000000116. The molecule has 3 aliphatic rings. The summed E-state index contributed by atoms with van der Waals surface area (Å²) in [4.78, 5) is 20.3. The van der Waals surface area contributed by atoms with Crippen LogP contribution in [-0.4, -0.2) is 15.0 Å². The third-order valence-electron chi connectivity index (χ3n) is 30.2. The average Bonchev–Trinajstić information content (AvgIpc) is 1.54. The summed E-state index contributed by atoms with van der Waals surface area (Å²) in [5.41, 5.74) is 45.2. The van der Waals surface area contributed by atoms with Gasteiger partial charge in [0.25, 0.3) is 0 Å². The Morgan fingerprint density at radius 1 is 0.127 bits per heavy atom. The average molecular weight is 1920 g/mol. The topological polar surface area (TPSA) is 48.4 Å². The molecule has 0 N–H and O–H groups in total. The number of hydrogen-bond acceptors (Lipinski definition) is 6. The van der Waals surface area contributed by atoms with Crippen LogP contribution in [0.15, 0.2) is 620 Å². The summed E-state index contributed by atoms with van der Waals surface area (Å²) in [5.74, 6) is 0. The first-order valence-corrected chi connectivity index (χ1v) is 51.4. The number of benzene rings is 21. The van der Waals surface area contributed by atoms with E-state index in [-0.39, 0.29) is 0 Å². The van der Waals surface area contributed by atoms with E-state index in [9.17, 15) is 0 Å². The molecule has 0 radical (unpaired) electrons. The van der Waals surface area contributed by atoms with Gasteiger partial charge in [-0.05, 0) is 283 Å². The zero-order chi connectivity index (χ0) is 100.0. The lowest BCUT2D eigenvalue weighted by Crippen LogP contribution is -2.28. The summed E-state index contributed by atoms with van der Waals surface area (Å²) in [7, 11) is 0. The highest BCUT2D eigenvalue weighted by Crippen LogP contribution is 2.62. The predicted octanol–water partition coefficient (Wildman–Crippen LogP) is 36.7. The molecule has 0 spiro atoms. The molecule has 6 heteroatoms. The molecular formula is C144H102N6. The number of hydrogen-bond donors (Lipinski definition) is 0. The molecule has 27 rings (SSSR count). The Labute approximate surface area is 877 Å². The van der Waals surface area contributed by atoms with Gasteiger partial charge in [-0.1, -0.05) is 455 Å². The fourth-order valence-corrected chi connectivity index (χ4v) is 23.5. The molecule has 21 aromatic carbocycles. The van der Waals surface area contributed by atoms with E-state index in [0.29, 0.717) is 0 Å². The Hall–Kier alpha value is -19.5. The van der Waals surface area contributed by atoms with Gasteiger partial charge in [0.2, 0.25) is 0 Å². The highest BCUT2D eigenvalue weighted by Gasteiger charge is 2.50. The largest absolute Gasteiger partial charge is 0.310 e. The number of aromatic nitrogens is 3. The fourth-order valence-electron chi connectivity index (χ4n) is 23.5. The van der Waals surface area contributed by atoms with E-state index in [1.807, 2.05) is 49.3 Å². The quantitative estimate of drug-likeness (QED) is 0.0715. The van der Waals surface area contributed by atoms with Crippen LogP contribution in [0.4, 0.5) is 51.2 Å². The first-order chi connectivity index (χ1) is 74.4. The van der Waals surface area contributed by atoms with Crippen LogP contribution in [0.1, 0.15) is 66.8 Å². The van der Waals surface area contributed by atoms with Gasteiger partial charge in [-0.15, -0.1) is 0 Å². The highest BCUT2D eigenvalue weighted by molar-refractivity contribution is 5.96. The van der Waals surface area contributed by atoms with Gasteiger partial charge < -0.3 is 14.7 Å². The Morgan fingerprint density at radius 2 is 0.367 bits per heavy atom. The summed E-state index contributed by atoms with van der Waals surface area (Å²) in [6.07, 6.45) is 11.2. The smallest absolute Gasteiger partial charge is 0.0714 e. The zero-order valence-corrected chi connectivity index (χ0v) is 82.6. The first-order valence-electron chi connectivity index (χ1n) is 51.4. The summed E-state index contributed by atoms with van der Waals surface area (Å²) in [6.45, 7) is 0. The minimum absolute atomic E-state index is 0.475. The van der Waals surface area contributed by atoms with Crippen molar-refractivity contribution in [3.8, 4) is 100 Å². The number of nitrogens with zero attached hydrogens (tertiary/aromatic N) is 6. The van der Waals surface area contributed by atoms with Crippen molar-refractivity contribution in [1.29, 1.82) is 0 Å². The SMILES string of the molecule is c1ccc(-c2ccc(N(c3ccc(-c4cccnc4)cc3)c3ccc4c(c3)C(c3ccccc3)(c3ccccc3)c3ccccc3-4)cc2)cc1.c1ccc(-c2ccc(N(c3ccc4c(c3)C(c3ccccc3)(c3ccccc3)c3ccccc3-4)c3ccccc3-c3cccnc3)cc2)cc1.c1ccc(-c2ccc(N(c3cccc(-c4ccncc4)c3)c3ccc4c(c3)C(c3ccccc3)(c3ccccc3)c3ccccc3-4)cc2)cc1. The maximum Gasteiger partial charge on any atom is 0.0714 e. The molecule has 0 amide bonds. The molecule has 3 aliphatic carbocycles. The van der Waals surface area contributed by atoms with Gasteiger partial charge in [0, 0.05) is 93.8 Å². The van der Waals surface area contributed by atoms with Crippen LogP contribution < -0.4 is 14.7 Å². The molecule has 0 bridgehead atoms. The van der Waals surface area contributed by atoms with Crippen molar-refractivity contribution in [2.45, 2.75) is 16.2 Å². The molecule has 150 heavy (non-hydrogen) atoms. The number of para-hydroxylation sites is 1. The molecule has 708 valence electrons. The lowest BCUT2D eigenvalue weighted by atomic mass is 9.67. The molecule has 0 fully saturated rings. The number of anilines is 9. The van der Waals surface area contributed by atoms with Crippen LogP contribution in [0.25, 0.3) is 100 Å². The molecule has 3 aromatic heterocycles. The lowest BCUT2D eigenvalue weighted by molar-refractivity contribution is 0.768. The fraction of sp³-hybridized carbons (Fsp3) is 0.0208. The molecule has 0 unspecified atom stereocenters. The van der Waals surface area contributed by atoms with Crippen molar-refractivity contribution in [2.24, 2.45) is 0 Å². The molecule has 0 saturated heterocycles. The number of fused-ring (bicyclic) bond motifs is 9. The molecule has 6 nitrogen and oxygen atoms in total. The van der Waals surface area contributed by atoms with Gasteiger partial charge >= 0.3 is 0 Å². The molecule has 0 atom stereocenters. The first kappa shape index (κ1) is 91.7. The van der Waals surface area contributed by atoms with E-state index in [2.05, 4.69) is 600 Å². The summed E-state index contributed by atoms with van der Waals surface area (Å²) < 4.78 is 0. The van der Waals surface area contributed by atoms with Gasteiger partial charge in [0.05, 0.1) is 21.9 Å². The summed E-state index contributed by atoms with van der Waals surface area (Å²) in [6, 6.07) is 211. The van der Waals surface area contributed by atoms with Crippen molar-refractivity contribution >= 4 is 51.2 Å². The minimum atomic E-state index is -0.490. The summed E-state index contributed by atoms with van der Waals surface area (Å²) >= 11 is 0. The minimum Gasteiger partial charge on any atom is -0.310 e. The normalized spacial score (nSPS) is 12.6. The van der Waals surface area contributed by atoms with Crippen molar-refractivity contribution in [3.05, 3.63) is 686 Å². The molecular weight excluding hydrogens is 1810 g/mol. The van der Waals surface area contributed by atoms with Crippen LogP contribution in [0.3, 0.4) is 0 Å². The van der Waals surface area contributed by atoms with Crippen molar-refractivity contribution < 1.29 is 0 Å². The molecule has 24 aromatic rings. The van der Waals surface area contributed by atoms with E-state index >= 15 is 0 Å². The third-order valence-corrected chi connectivity index (χ3v) is 30.2. The zero-order valence-electron chi connectivity index (χ0n) is 82.6. The van der Waals surface area contributed by atoms with Crippen LogP contribution in [0.5, 0.6) is 0 Å². The second-order valence-electron chi connectivity index (χ2n) is 38.4. The maximum atomic E-state index is 4.49. The van der Waals surface area contributed by atoms with Crippen LogP contribution in [0.2, 0.25) is 0 Å². The third kappa shape index (κ3) is 16.7. The second-order valence-corrected chi connectivity index (χ2v) is 38.4. The van der Waals surface area contributed by atoms with Gasteiger partial charge in [-0.25, -0.2) is 0 Å². The summed E-state index contributed by atoms with van der Waals surface area (Å²) in [5, 5.41) is 0. The van der Waals surface area contributed by atoms with Crippen molar-refractivity contribution in [1.82, 2.24) is 15.0 Å². The van der Waals surface area contributed by atoms with Crippen LogP contribution in [0, 0.1) is 0 Å². The van der Waals surface area contributed by atoms with E-state index < -0.39 is 16.2 Å². The van der Waals surface area contributed by atoms with Gasteiger partial charge in [-0.3, -0.25) is 15.0 Å². The molecule has 0 aliphatic heterocycles. The predicted molar refractivity (Wildman–Crippen MR) is 621 cm³/mol. The van der Waals surface area contributed by atoms with Crippen LogP contribution in [-0.2, 0) is 16.2 Å². The van der Waals surface area contributed by atoms with Crippen molar-refractivity contribution in [3.63, 3.8) is 0 Å².